The highest BCUT2D eigenvalue weighted by atomic mass is 35.5. The lowest BCUT2D eigenvalue weighted by molar-refractivity contribution is -0.133. The van der Waals surface area contributed by atoms with Gasteiger partial charge in [0.05, 0.1) is 12.3 Å². The molecule has 0 N–H and O–H groups in total. The third-order valence-corrected chi connectivity index (χ3v) is 7.41. The average molecular weight is 480 g/mol. The fourth-order valence-corrected chi connectivity index (χ4v) is 5.36. The van der Waals surface area contributed by atoms with Gasteiger partial charge in [-0.25, -0.2) is 4.98 Å². The van der Waals surface area contributed by atoms with Crippen molar-refractivity contribution in [3.63, 3.8) is 0 Å². The van der Waals surface area contributed by atoms with Crippen LogP contribution in [0, 0.1) is 5.92 Å². The van der Waals surface area contributed by atoms with E-state index >= 15 is 0 Å². The summed E-state index contributed by atoms with van der Waals surface area (Å²) in [7, 11) is 1.68. The molecule has 2 atom stereocenters. The second kappa shape index (κ2) is 9.67. The van der Waals surface area contributed by atoms with Crippen LogP contribution in [0.4, 0.5) is 0 Å². The highest BCUT2D eigenvalue weighted by Crippen LogP contribution is 2.48. The Morgan fingerprint density at radius 3 is 2.73 bits per heavy atom. The molecule has 1 aliphatic rings. The van der Waals surface area contributed by atoms with Crippen molar-refractivity contribution in [2.75, 3.05) is 26.8 Å². The van der Waals surface area contributed by atoms with E-state index in [4.69, 9.17) is 21.3 Å². The van der Waals surface area contributed by atoms with Gasteiger partial charge in [-0.05, 0) is 30.0 Å². The number of rotatable bonds is 9. The van der Waals surface area contributed by atoms with E-state index < -0.39 is 0 Å². The Hall–Kier alpha value is -2.67. The van der Waals surface area contributed by atoms with E-state index in [-0.39, 0.29) is 11.8 Å². The molecule has 0 spiro atoms. The number of thiazole rings is 1. The first-order valence-electron chi connectivity index (χ1n) is 11.2. The number of methoxy groups -OCH3 is 1. The van der Waals surface area contributed by atoms with Gasteiger partial charge in [0.25, 0.3) is 0 Å². The van der Waals surface area contributed by atoms with Gasteiger partial charge in [0.1, 0.15) is 0 Å². The van der Waals surface area contributed by atoms with Crippen molar-refractivity contribution in [3.8, 4) is 11.3 Å². The first-order chi connectivity index (χ1) is 16.1. The fourth-order valence-electron chi connectivity index (χ4n) is 4.32. The second-order valence-corrected chi connectivity index (χ2v) is 9.71. The minimum Gasteiger partial charge on any atom is -0.383 e. The van der Waals surface area contributed by atoms with Gasteiger partial charge in [-0.3, -0.25) is 9.20 Å². The van der Waals surface area contributed by atoms with Crippen LogP contribution in [0.5, 0.6) is 0 Å². The molecule has 0 saturated heterocycles. The predicted octanol–water partition coefficient (Wildman–Crippen LogP) is 5.54. The van der Waals surface area contributed by atoms with Crippen LogP contribution in [0.3, 0.4) is 0 Å². The molecule has 1 fully saturated rings. The lowest BCUT2D eigenvalue weighted by Gasteiger charge is -2.22. The van der Waals surface area contributed by atoms with Crippen molar-refractivity contribution < 1.29 is 9.53 Å². The van der Waals surface area contributed by atoms with Crippen LogP contribution in [-0.4, -0.2) is 47.0 Å². The number of hydrogen-bond donors (Lipinski definition) is 0. The first kappa shape index (κ1) is 22.1. The first-order valence-corrected chi connectivity index (χ1v) is 12.4. The van der Waals surface area contributed by atoms with E-state index in [0.29, 0.717) is 30.6 Å². The molecule has 5 rings (SSSR count). The predicted molar refractivity (Wildman–Crippen MR) is 133 cm³/mol. The largest absolute Gasteiger partial charge is 0.383 e. The molecule has 5 nitrogen and oxygen atoms in total. The molecular weight excluding hydrogens is 454 g/mol. The number of carbonyl (C=O) groups excluding carboxylic acids is 1. The van der Waals surface area contributed by atoms with E-state index in [9.17, 15) is 4.79 Å². The van der Waals surface area contributed by atoms with Crippen LogP contribution in [0.15, 0.2) is 66.2 Å². The molecule has 2 unspecified atom stereocenters. The highest BCUT2D eigenvalue weighted by molar-refractivity contribution is 7.15. The van der Waals surface area contributed by atoms with Crippen LogP contribution in [0.1, 0.15) is 23.6 Å². The molecule has 0 bridgehead atoms. The van der Waals surface area contributed by atoms with E-state index in [0.717, 1.165) is 34.8 Å². The summed E-state index contributed by atoms with van der Waals surface area (Å²) in [4.78, 5) is 21.0. The van der Waals surface area contributed by atoms with Crippen molar-refractivity contribution >= 4 is 33.8 Å². The summed E-state index contributed by atoms with van der Waals surface area (Å²) in [6.45, 7) is 1.82. The van der Waals surface area contributed by atoms with Gasteiger partial charge in [-0.1, -0.05) is 54.1 Å². The molecule has 4 aromatic rings. The lowest BCUT2D eigenvalue weighted by atomic mass is 10.1. The lowest BCUT2D eigenvalue weighted by Crippen LogP contribution is -2.37. The van der Waals surface area contributed by atoms with Crippen molar-refractivity contribution in [1.29, 1.82) is 0 Å². The van der Waals surface area contributed by atoms with Crippen molar-refractivity contribution in [3.05, 3.63) is 82.5 Å². The molecule has 2 aromatic carbocycles. The molecule has 2 heterocycles. The van der Waals surface area contributed by atoms with Crippen LogP contribution < -0.4 is 0 Å². The smallest absolute Gasteiger partial charge is 0.226 e. The maximum Gasteiger partial charge on any atom is 0.226 e. The van der Waals surface area contributed by atoms with E-state index in [1.165, 1.54) is 5.56 Å². The van der Waals surface area contributed by atoms with Crippen LogP contribution in [-0.2, 0) is 16.0 Å². The summed E-state index contributed by atoms with van der Waals surface area (Å²) in [5.41, 5.74) is 4.39. The molecule has 170 valence electrons. The number of carbonyl (C=O) groups is 1. The highest BCUT2D eigenvalue weighted by Gasteiger charge is 2.45. The molecule has 1 aliphatic carbocycles. The summed E-state index contributed by atoms with van der Waals surface area (Å²) < 4.78 is 7.42. The Morgan fingerprint density at radius 1 is 1.18 bits per heavy atom. The third-order valence-electron chi connectivity index (χ3n) is 6.27. The number of benzene rings is 2. The van der Waals surface area contributed by atoms with Gasteiger partial charge in [0.2, 0.25) is 5.91 Å². The van der Waals surface area contributed by atoms with Crippen molar-refractivity contribution in [2.24, 2.45) is 5.92 Å². The van der Waals surface area contributed by atoms with Crippen LogP contribution in [0.25, 0.3) is 16.2 Å². The molecule has 2 aromatic heterocycles. The maximum absolute atomic E-state index is 13.3. The zero-order valence-electron chi connectivity index (χ0n) is 18.5. The van der Waals surface area contributed by atoms with Gasteiger partial charge in [-0.2, -0.15) is 0 Å². The topological polar surface area (TPSA) is 46.8 Å². The summed E-state index contributed by atoms with van der Waals surface area (Å²) in [5, 5.41) is 2.85. The monoisotopic (exact) mass is 479 g/mol. The van der Waals surface area contributed by atoms with Crippen LogP contribution in [0.2, 0.25) is 5.02 Å². The number of imidazole rings is 1. The summed E-state index contributed by atoms with van der Waals surface area (Å²) in [6, 6.07) is 18.1. The molecule has 0 aliphatic heterocycles. The molecule has 1 saturated carbocycles. The van der Waals surface area contributed by atoms with Gasteiger partial charge < -0.3 is 9.64 Å². The molecule has 0 radical (unpaired) electrons. The van der Waals surface area contributed by atoms with Gasteiger partial charge in [0.15, 0.2) is 4.96 Å². The Balaban J connectivity index is 1.28. The number of amides is 1. The molecule has 1 amide bonds. The van der Waals surface area contributed by atoms with Gasteiger partial charge >= 0.3 is 0 Å². The standard InChI is InChI=1S/C26H26ClN3O2S/c1-32-14-13-29(25(31)23-15-22(23)18-5-3-2-4-6-18)12-11-21-17-33-26-28-24(16-30(21)26)19-7-9-20(27)10-8-19/h2-10,16-17,22-23H,11-15H2,1H3. The zero-order valence-corrected chi connectivity index (χ0v) is 20.1. The third kappa shape index (κ3) is 4.83. The Kier molecular flexibility index (Phi) is 6.49. The molecular formula is C26H26ClN3O2S. The SMILES string of the molecule is COCCN(CCc1csc2nc(-c3ccc(Cl)cc3)cn12)C(=O)C1CC1c1ccccc1. The minimum atomic E-state index is 0.0801. The number of fused-ring (bicyclic) bond motifs is 1. The van der Waals surface area contributed by atoms with E-state index in [2.05, 4.69) is 28.1 Å². The Bertz CT molecular complexity index is 1240. The van der Waals surface area contributed by atoms with Crippen molar-refractivity contribution in [2.45, 2.75) is 18.8 Å². The summed E-state index contributed by atoms with van der Waals surface area (Å²) in [5.74, 6) is 0.656. The normalized spacial score (nSPS) is 17.4. The maximum atomic E-state index is 13.3. The Labute approximate surface area is 202 Å². The average Bonchev–Trinajstić information content (AvgIpc) is 3.40. The summed E-state index contributed by atoms with van der Waals surface area (Å²) >= 11 is 7.64. The molecule has 7 heteroatoms. The minimum absolute atomic E-state index is 0.0801. The second-order valence-electron chi connectivity index (χ2n) is 8.44. The molecule has 33 heavy (non-hydrogen) atoms. The Morgan fingerprint density at radius 2 is 1.97 bits per heavy atom. The van der Waals surface area contributed by atoms with Crippen LogP contribution >= 0.6 is 22.9 Å². The van der Waals surface area contributed by atoms with Gasteiger partial charge in [0, 0.05) is 60.4 Å². The summed E-state index contributed by atoms with van der Waals surface area (Å²) in [6.07, 6.45) is 3.77. The van der Waals surface area contributed by atoms with Crippen molar-refractivity contribution in [1.82, 2.24) is 14.3 Å². The quantitative estimate of drug-likeness (QED) is 0.317. The number of ether oxygens (including phenoxy) is 1. The number of hydrogen-bond acceptors (Lipinski definition) is 4. The number of aromatic nitrogens is 2. The number of nitrogens with zero attached hydrogens (tertiary/aromatic N) is 3. The van der Waals surface area contributed by atoms with E-state index in [1.54, 1.807) is 18.4 Å². The number of halogens is 1. The zero-order chi connectivity index (χ0) is 22.8. The van der Waals surface area contributed by atoms with Gasteiger partial charge in [-0.15, -0.1) is 11.3 Å². The fraction of sp³-hybridized carbons (Fsp3) is 0.308. The van der Waals surface area contributed by atoms with E-state index in [1.807, 2.05) is 47.4 Å².